The van der Waals surface area contributed by atoms with E-state index in [9.17, 15) is 9.59 Å². The number of aryl methyl sites for hydroxylation is 1. The van der Waals surface area contributed by atoms with Crippen molar-refractivity contribution in [1.29, 1.82) is 0 Å². The lowest BCUT2D eigenvalue weighted by Crippen LogP contribution is -2.32. The van der Waals surface area contributed by atoms with E-state index >= 15 is 0 Å². The number of likely N-dealkylation sites (tertiary alicyclic amines) is 1. The van der Waals surface area contributed by atoms with Crippen LogP contribution in [0.4, 0.5) is 0 Å². The van der Waals surface area contributed by atoms with Crippen LogP contribution in [0.2, 0.25) is 5.02 Å². The van der Waals surface area contributed by atoms with Crippen LogP contribution in [-0.4, -0.2) is 36.3 Å². The van der Waals surface area contributed by atoms with E-state index in [-0.39, 0.29) is 11.8 Å². The first kappa shape index (κ1) is 14.9. The van der Waals surface area contributed by atoms with Crippen LogP contribution in [0.1, 0.15) is 29.3 Å². The maximum atomic E-state index is 12.4. The fourth-order valence-corrected chi connectivity index (χ4v) is 2.75. The van der Waals surface area contributed by atoms with E-state index in [2.05, 4.69) is 5.32 Å². The molecule has 1 fully saturated rings. The highest BCUT2D eigenvalue weighted by Gasteiger charge is 2.27. The summed E-state index contributed by atoms with van der Waals surface area (Å²) >= 11 is 6.14. The zero-order valence-electron chi connectivity index (χ0n) is 11.8. The zero-order chi connectivity index (χ0) is 14.7. The Morgan fingerprint density at radius 2 is 2.20 bits per heavy atom. The Bertz CT molecular complexity index is 531. The van der Waals surface area contributed by atoms with Crippen LogP contribution < -0.4 is 5.32 Å². The van der Waals surface area contributed by atoms with Crippen molar-refractivity contribution in [1.82, 2.24) is 10.2 Å². The molecule has 108 valence electrons. The number of nitrogens with one attached hydrogen (secondary N) is 1. The van der Waals surface area contributed by atoms with Crippen molar-refractivity contribution >= 4 is 23.4 Å². The van der Waals surface area contributed by atoms with Gasteiger partial charge in [0.05, 0.1) is 10.6 Å². The number of hydrogen-bond acceptors (Lipinski definition) is 2. The van der Waals surface area contributed by atoms with Gasteiger partial charge in [-0.25, -0.2) is 0 Å². The van der Waals surface area contributed by atoms with E-state index in [1.165, 1.54) is 6.92 Å². The number of halogens is 1. The fourth-order valence-electron chi connectivity index (χ4n) is 2.44. The van der Waals surface area contributed by atoms with Crippen LogP contribution >= 0.6 is 11.6 Å². The molecule has 1 saturated heterocycles. The third kappa shape index (κ3) is 3.51. The van der Waals surface area contributed by atoms with Crippen molar-refractivity contribution in [3.05, 3.63) is 34.3 Å². The topological polar surface area (TPSA) is 49.4 Å². The van der Waals surface area contributed by atoms with Crippen molar-refractivity contribution in [3.63, 3.8) is 0 Å². The summed E-state index contributed by atoms with van der Waals surface area (Å²) in [6, 6.07) is 5.48. The van der Waals surface area contributed by atoms with E-state index in [0.29, 0.717) is 36.1 Å². The molecule has 0 aromatic heterocycles. The van der Waals surface area contributed by atoms with Gasteiger partial charge >= 0.3 is 0 Å². The van der Waals surface area contributed by atoms with Crippen LogP contribution in [0, 0.1) is 12.8 Å². The van der Waals surface area contributed by atoms with Crippen LogP contribution in [-0.2, 0) is 4.79 Å². The molecular formula is C15H19ClN2O2. The van der Waals surface area contributed by atoms with Gasteiger partial charge in [-0.2, -0.15) is 0 Å². The molecule has 0 unspecified atom stereocenters. The predicted molar refractivity (Wildman–Crippen MR) is 78.9 cm³/mol. The third-order valence-electron chi connectivity index (χ3n) is 3.57. The largest absolute Gasteiger partial charge is 0.356 e. The highest BCUT2D eigenvalue weighted by Crippen LogP contribution is 2.23. The van der Waals surface area contributed by atoms with Gasteiger partial charge in [0.1, 0.15) is 0 Å². The molecule has 1 N–H and O–H groups in total. The van der Waals surface area contributed by atoms with Gasteiger partial charge in [0.15, 0.2) is 0 Å². The minimum Gasteiger partial charge on any atom is -0.356 e. The molecule has 1 atom stereocenters. The maximum absolute atomic E-state index is 12.4. The first-order chi connectivity index (χ1) is 9.47. The average molecular weight is 295 g/mol. The van der Waals surface area contributed by atoms with Crippen LogP contribution in [0.5, 0.6) is 0 Å². The molecule has 1 aromatic rings. The molecular weight excluding hydrogens is 276 g/mol. The Balaban J connectivity index is 1.99. The highest BCUT2D eigenvalue weighted by molar-refractivity contribution is 6.33. The van der Waals surface area contributed by atoms with Gasteiger partial charge in [0, 0.05) is 26.6 Å². The molecule has 0 radical (unpaired) electrons. The maximum Gasteiger partial charge on any atom is 0.255 e. The number of benzene rings is 1. The average Bonchev–Trinajstić information content (AvgIpc) is 2.84. The molecule has 1 aliphatic heterocycles. The second-order valence-electron chi connectivity index (χ2n) is 5.33. The molecule has 2 rings (SSSR count). The van der Waals surface area contributed by atoms with E-state index in [0.717, 1.165) is 12.0 Å². The van der Waals surface area contributed by atoms with Crippen molar-refractivity contribution in [2.75, 3.05) is 19.6 Å². The summed E-state index contributed by atoms with van der Waals surface area (Å²) in [5.74, 6) is 0.267. The normalized spacial score (nSPS) is 18.1. The van der Waals surface area contributed by atoms with E-state index in [1.54, 1.807) is 12.1 Å². The molecule has 2 amide bonds. The minimum atomic E-state index is -0.0312. The molecule has 20 heavy (non-hydrogen) atoms. The smallest absolute Gasteiger partial charge is 0.255 e. The number of nitrogens with zero attached hydrogens (tertiary/aromatic N) is 1. The summed E-state index contributed by atoms with van der Waals surface area (Å²) in [4.78, 5) is 25.1. The van der Waals surface area contributed by atoms with Gasteiger partial charge in [0.25, 0.3) is 5.91 Å². The van der Waals surface area contributed by atoms with Crippen molar-refractivity contribution < 1.29 is 9.59 Å². The van der Waals surface area contributed by atoms with E-state index in [1.807, 2.05) is 17.9 Å². The third-order valence-corrected chi connectivity index (χ3v) is 3.88. The van der Waals surface area contributed by atoms with Crippen LogP contribution in [0.25, 0.3) is 0 Å². The van der Waals surface area contributed by atoms with Gasteiger partial charge in [-0.15, -0.1) is 0 Å². The number of carbonyl (C=O) groups is 2. The summed E-state index contributed by atoms with van der Waals surface area (Å²) in [5.41, 5.74) is 1.59. The standard InChI is InChI=1S/C15H19ClN2O2/c1-10-3-4-13(14(16)7-10)15(20)18-6-5-12(9-18)8-17-11(2)19/h3-4,7,12H,5-6,8-9H2,1-2H3,(H,17,19)/t12-/m1/s1. The molecule has 0 bridgehead atoms. The second-order valence-corrected chi connectivity index (χ2v) is 5.73. The summed E-state index contributed by atoms with van der Waals surface area (Å²) < 4.78 is 0. The van der Waals surface area contributed by atoms with E-state index < -0.39 is 0 Å². The van der Waals surface area contributed by atoms with Gasteiger partial charge in [0.2, 0.25) is 5.91 Å². The lowest BCUT2D eigenvalue weighted by molar-refractivity contribution is -0.119. The number of amides is 2. The number of carbonyl (C=O) groups excluding carboxylic acids is 2. The lowest BCUT2D eigenvalue weighted by Gasteiger charge is -2.17. The lowest BCUT2D eigenvalue weighted by atomic mass is 10.1. The van der Waals surface area contributed by atoms with Crippen LogP contribution in [0.15, 0.2) is 18.2 Å². The zero-order valence-corrected chi connectivity index (χ0v) is 12.5. The summed E-state index contributed by atoms with van der Waals surface area (Å²) in [6.07, 6.45) is 0.912. The first-order valence-corrected chi connectivity index (χ1v) is 7.15. The second kappa shape index (κ2) is 6.27. The first-order valence-electron chi connectivity index (χ1n) is 6.77. The van der Waals surface area contributed by atoms with Crippen molar-refractivity contribution in [2.24, 2.45) is 5.92 Å². The molecule has 1 heterocycles. The summed E-state index contributed by atoms with van der Waals surface area (Å²) in [7, 11) is 0. The Hall–Kier alpha value is -1.55. The predicted octanol–water partition coefficient (Wildman–Crippen LogP) is 2.25. The van der Waals surface area contributed by atoms with Crippen LogP contribution in [0.3, 0.4) is 0 Å². The molecule has 1 aromatic carbocycles. The van der Waals surface area contributed by atoms with Gasteiger partial charge < -0.3 is 10.2 Å². The molecule has 1 aliphatic rings. The van der Waals surface area contributed by atoms with Crippen molar-refractivity contribution in [2.45, 2.75) is 20.3 Å². The van der Waals surface area contributed by atoms with E-state index in [4.69, 9.17) is 11.6 Å². The molecule has 4 nitrogen and oxygen atoms in total. The summed E-state index contributed by atoms with van der Waals surface area (Å²) in [6.45, 7) is 5.46. The van der Waals surface area contributed by atoms with Gasteiger partial charge in [-0.05, 0) is 37.0 Å². The molecule has 5 heteroatoms. The fraction of sp³-hybridized carbons (Fsp3) is 0.467. The number of rotatable bonds is 3. The Morgan fingerprint density at radius 1 is 1.45 bits per heavy atom. The number of hydrogen-bond donors (Lipinski definition) is 1. The quantitative estimate of drug-likeness (QED) is 0.929. The Labute approximate surface area is 124 Å². The minimum absolute atomic E-state index is 0.0275. The van der Waals surface area contributed by atoms with Gasteiger partial charge in [-0.3, -0.25) is 9.59 Å². The highest BCUT2D eigenvalue weighted by atomic mass is 35.5. The SMILES string of the molecule is CC(=O)NC[C@H]1CCN(C(=O)c2ccc(C)cc2Cl)C1. The van der Waals surface area contributed by atoms with Crippen molar-refractivity contribution in [3.8, 4) is 0 Å². The Kier molecular flexibility index (Phi) is 4.65. The summed E-state index contributed by atoms with van der Waals surface area (Å²) in [5, 5.41) is 3.30. The van der Waals surface area contributed by atoms with Gasteiger partial charge in [-0.1, -0.05) is 17.7 Å². The monoisotopic (exact) mass is 294 g/mol. The molecule has 0 spiro atoms. The molecule has 0 saturated carbocycles. The molecule has 0 aliphatic carbocycles. The Morgan fingerprint density at radius 3 is 2.85 bits per heavy atom.